The maximum atomic E-state index is 10.8. The Morgan fingerprint density at radius 3 is 2.85 bits per heavy atom. The van der Waals surface area contributed by atoms with Gasteiger partial charge in [-0.25, -0.2) is 0 Å². The molecule has 3 nitrogen and oxygen atoms in total. The summed E-state index contributed by atoms with van der Waals surface area (Å²) in [5.41, 5.74) is 3.72. The smallest absolute Gasteiger partial charge is 0.235 e. The third-order valence-corrected chi connectivity index (χ3v) is 1.88. The predicted molar refractivity (Wildman–Crippen MR) is 52.0 cm³/mol. The number of amides is 1. The number of aromatic nitrogens is 1. The van der Waals surface area contributed by atoms with Gasteiger partial charge in [-0.15, -0.1) is 0 Å². The SMILES string of the molecule is CC(=O)Nn1ccc2ccccc21. The van der Waals surface area contributed by atoms with Crippen LogP contribution in [0.1, 0.15) is 6.92 Å². The summed E-state index contributed by atoms with van der Waals surface area (Å²) in [6.45, 7) is 1.49. The van der Waals surface area contributed by atoms with Crippen molar-refractivity contribution in [3.8, 4) is 0 Å². The van der Waals surface area contributed by atoms with Crippen molar-refractivity contribution < 1.29 is 4.79 Å². The summed E-state index contributed by atoms with van der Waals surface area (Å²) in [7, 11) is 0. The van der Waals surface area contributed by atoms with Crippen molar-refractivity contribution in [2.24, 2.45) is 0 Å². The van der Waals surface area contributed by atoms with Crippen LogP contribution < -0.4 is 5.43 Å². The van der Waals surface area contributed by atoms with Crippen molar-refractivity contribution >= 4 is 16.8 Å². The average molecular weight is 174 g/mol. The molecule has 2 rings (SSSR count). The van der Waals surface area contributed by atoms with Gasteiger partial charge in [-0.3, -0.25) is 14.9 Å². The van der Waals surface area contributed by atoms with Gasteiger partial charge in [0.25, 0.3) is 0 Å². The lowest BCUT2D eigenvalue weighted by molar-refractivity contribution is -0.115. The van der Waals surface area contributed by atoms with E-state index in [1.807, 2.05) is 36.5 Å². The third kappa shape index (κ3) is 1.40. The summed E-state index contributed by atoms with van der Waals surface area (Å²) in [6.07, 6.45) is 1.84. The van der Waals surface area contributed by atoms with E-state index in [1.165, 1.54) is 6.92 Å². The molecule has 0 radical (unpaired) electrons. The molecule has 0 bridgehead atoms. The van der Waals surface area contributed by atoms with Crippen molar-refractivity contribution in [2.45, 2.75) is 6.92 Å². The van der Waals surface area contributed by atoms with Crippen molar-refractivity contribution in [1.82, 2.24) is 4.68 Å². The summed E-state index contributed by atoms with van der Waals surface area (Å²) in [5, 5.41) is 1.12. The van der Waals surface area contributed by atoms with Crippen LogP contribution in [0.5, 0.6) is 0 Å². The summed E-state index contributed by atoms with van der Waals surface area (Å²) in [4.78, 5) is 10.8. The summed E-state index contributed by atoms with van der Waals surface area (Å²) < 4.78 is 1.72. The number of nitrogens with one attached hydrogen (secondary N) is 1. The molecule has 1 aromatic heterocycles. The number of nitrogens with zero attached hydrogens (tertiary/aromatic N) is 1. The predicted octanol–water partition coefficient (Wildman–Crippen LogP) is 1.73. The van der Waals surface area contributed by atoms with Gasteiger partial charge in [-0.1, -0.05) is 18.2 Å². The highest BCUT2D eigenvalue weighted by Crippen LogP contribution is 2.12. The zero-order valence-electron chi connectivity index (χ0n) is 7.32. The Morgan fingerprint density at radius 2 is 2.08 bits per heavy atom. The van der Waals surface area contributed by atoms with Crippen LogP contribution in [0.25, 0.3) is 10.9 Å². The van der Waals surface area contributed by atoms with Gasteiger partial charge in [-0.05, 0) is 12.1 Å². The Labute approximate surface area is 75.9 Å². The quantitative estimate of drug-likeness (QED) is 0.701. The molecule has 0 spiro atoms. The molecule has 66 valence electrons. The van der Waals surface area contributed by atoms with E-state index < -0.39 is 0 Å². The molecule has 0 aliphatic heterocycles. The van der Waals surface area contributed by atoms with Crippen LogP contribution in [0.15, 0.2) is 36.5 Å². The number of carbonyl (C=O) groups excluding carboxylic acids is 1. The lowest BCUT2D eigenvalue weighted by Gasteiger charge is -2.03. The summed E-state index contributed by atoms with van der Waals surface area (Å²) >= 11 is 0. The van der Waals surface area contributed by atoms with Crippen LogP contribution in [-0.4, -0.2) is 10.6 Å². The number of hydrogen-bond donors (Lipinski definition) is 1. The van der Waals surface area contributed by atoms with E-state index in [0.29, 0.717) is 0 Å². The van der Waals surface area contributed by atoms with Crippen molar-refractivity contribution in [3.05, 3.63) is 36.5 Å². The van der Waals surface area contributed by atoms with E-state index in [2.05, 4.69) is 5.43 Å². The topological polar surface area (TPSA) is 34.0 Å². The number of rotatable bonds is 1. The molecule has 0 saturated heterocycles. The molecular weight excluding hydrogens is 164 g/mol. The Morgan fingerprint density at radius 1 is 1.31 bits per heavy atom. The minimum absolute atomic E-state index is 0.0682. The lowest BCUT2D eigenvalue weighted by Crippen LogP contribution is -2.18. The van der Waals surface area contributed by atoms with Crippen molar-refractivity contribution in [2.75, 3.05) is 5.43 Å². The first-order chi connectivity index (χ1) is 6.27. The van der Waals surface area contributed by atoms with Gasteiger partial charge >= 0.3 is 0 Å². The van der Waals surface area contributed by atoms with E-state index >= 15 is 0 Å². The molecule has 0 unspecified atom stereocenters. The van der Waals surface area contributed by atoms with E-state index in [-0.39, 0.29) is 5.91 Å². The van der Waals surface area contributed by atoms with Crippen molar-refractivity contribution in [1.29, 1.82) is 0 Å². The van der Waals surface area contributed by atoms with Gasteiger partial charge in [0.2, 0.25) is 5.91 Å². The zero-order chi connectivity index (χ0) is 9.26. The highest BCUT2D eigenvalue weighted by Gasteiger charge is 1.99. The first-order valence-corrected chi connectivity index (χ1v) is 4.11. The zero-order valence-corrected chi connectivity index (χ0v) is 7.32. The Balaban J connectivity index is 2.51. The van der Waals surface area contributed by atoms with E-state index in [4.69, 9.17) is 0 Å². The van der Waals surface area contributed by atoms with Gasteiger partial charge in [0.15, 0.2) is 0 Å². The minimum atomic E-state index is -0.0682. The van der Waals surface area contributed by atoms with Crippen LogP contribution in [-0.2, 0) is 4.79 Å². The van der Waals surface area contributed by atoms with E-state index in [0.717, 1.165) is 10.9 Å². The van der Waals surface area contributed by atoms with Gasteiger partial charge < -0.3 is 0 Å². The van der Waals surface area contributed by atoms with E-state index in [1.54, 1.807) is 4.68 Å². The maximum Gasteiger partial charge on any atom is 0.235 e. The second-order valence-electron chi connectivity index (χ2n) is 2.91. The molecule has 1 aromatic carbocycles. The number of benzene rings is 1. The first kappa shape index (κ1) is 7.86. The fraction of sp³-hybridized carbons (Fsp3) is 0.100. The molecule has 0 aliphatic carbocycles. The van der Waals surface area contributed by atoms with Gasteiger partial charge in [0.05, 0.1) is 5.52 Å². The largest absolute Gasteiger partial charge is 0.274 e. The highest BCUT2D eigenvalue weighted by molar-refractivity contribution is 5.86. The monoisotopic (exact) mass is 174 g/mol. The fourth-order valence-electron chi connectivity index (χ4n) is 1.35. The molecule has 0 aliphatic rings. The normalized spacial score (nSPS) is 10.2. The van der Waals surface area contributed by atoms with Crippen LogP contribution in [0.3, 0.4) is 0 Å². The van der Waals surface area contributed by atoms with Gasteiger partial charge in [0, 0.05) is 18.5 Å². The first-order valence-electron chi connectivity index (χ1n) is 4.11. The second-order valence-corrected chi connectivity index (χ2v) is 2.91. The number of hydrogen-bond acceptors (Lipinski definition) is 1. The van der Waals surface area contributed by atoms with Crippen LogP contribution in [0, 0.1) is 0 Å². The van der Waals surface area contributed by atoms with E-state index in [9.17, 15) is 4.79 Å². The molecule has 0 fully saturated rings. The van der Waals surface area contributed by atoms with Crippen LogP contribution in [0.4, 0.5) is 0 Å². The van der Waals surface area contributed by atoms with Crippen LogP contribution in [0.2, 0.25) is 0 Å². The number of fused-ring (bicyclic) bond motifs is 1. The van der Waals surface area contributed by atoms with Crippen molar-refractivity contribution in [3.63, 3.8) is 0 Å². The fourth-order valence-corrected chi connectivity index (χ4v) is 1.35. The summed E-state index contributed by atoms with van der Waals surface area (Å²) in [6, 6.07) is 9.85. The number of carbonyl (C=O) groups is 1. The lowest BCUT2D eigenvalue weighted by atomic mass is 10.3. The molecule has 1 N–H and O–H groups in total. The maximum absolute atomic E-state index is 10.8. The standard InChI is InChI=1S/C10H10N2O/c1-8(13)11-12-7-6-9-4-2-3-5-10(9)12/h2-7H,1H3,(H,11,13). The van der Waals surface area contributed by atoms with Crippen LogP contribution >= 0.6 is 0 Å². The summed E-state index contributed by atoms with van der Waals surface area (Å²) in [5.74, 6) is -0.0682. The molecule has 0 saturated carbocycles. The van der Waals surface area contributed by atoms with Gasteiger partial charge in [-0.2, -0.15) is 0 Å². The molecule has 1 amide bonds. The molecule has 0 atom stereocenters. The minimum Gasteiger partial charge on any atom is -0.274 e. The van der Waals surface area contributed by atoms with Gasteiger partial charge in [0.1, 0.15) is 0 Å². The molecule has 3 heteroatoms. The molecule has 2 aromatic rings. The Bertz CT molecular complexity index is 445. The highest BCUT2D eigenvalue weighted by atomic mass is 16.2. The molecule has 13 heavy (non-hydrogen) atoms. The number of para-hydroxylation sites is 1. The molecular formula is C10H10N2O. The second kappa shape index (κ2) is 2.94. The third-order valence-electron chi connectivity index (χ3n) is 1.88. The Hall–Kier alpha value is -1.77. The molecule has 1 heterocycles. The average Bonchev–Trinajstić information content (AvgIpc) is 2.48. The Kier molecular flexibility index (Phi) is 1.77.